The fourth-order valence-corrected chi connectivity index (χ4v) is 2.68. The van der Waals surface area contributed by atoms with Gasteiger partial charge < -0.3 is 5.32 Å². The fraction of sp³-hybridized carbons (Fsp3) is 0.211. The molecule has 0 saturated heterocycles. The van der Waals surface area contributed by atoms with E-state index < -0.39 is 0 Å². The third-order valence-corrected chi connectivity index (χ3v) is 4.02. The minimum absolute atomic E-state index is 0.0760. The van der Waals surface area contributed by atoms with E-state index in [0.29, 0.717) is 11.5 Å². The summed E-state index contributed by atoms with van der Waals surface area (Å²) < 4.78 is 14.6. The van der Waals surface area contributed by atoms with Crippen molar-refractivity contribution in [2.24, 2.45) is 0 Å². The molecule has 128 valence electrons. The van der Waals surface area contributed by atoms with Gasteiger partial charge in [0.05, 0.1) is 5.69 Å². The molecule has 0 fully saturated rings. The minimum Gasteiger partial charge on any atom is -0.319 e. The average molecular weight is 338 g/mol. The van der Waals surface area contributed by atoms with Crippen LogP contribution in [0.5, 0.6) is 0 Å². The number of rotatable bonds is 4. The van der Waals surface area contributed by atoms with Gasteiger partial charge in [-0.25, -0.2) is 14.1 Å². The summed E-state index contributed by atoms with van der Waals surface area (Å²) in [4.78, 5) is 16.8. The highest BCUT2D eigenvalue weighted by Crippen LogP contribution is 2.21. The molecule has 0 bridgehead atoms. The van der Waals surface area contributed by atoms with Gasteiger partial charge in [-0.3, -0.25) is 4.79 Å². The SMILES string of the molecule is CCc1cccc(C)c1NC(=O)c1nc(C)n(-c2ccc(F)cc2)n1. The van der Waals surface area contributed by atoms with Crippen LogP contribution in [0.3, 0.4) is 0 Å². The number of nitrogens with one attached hydrogen (secondary N) is 1. The van der Waals surface area contributed by atoms with Crippen LogP contribution in [0.2, 0.25) is 0 Å². The molecule has 0 aliphatic carbocycles. The molecule has 0 aliphatic rings. The molecule has 0 saturated carbocycles. The lowest BCUT2D eigenvalue weighted by atomic mass is 10.1. The smallest absolute Gasteiger partial charge is 0.295 e. The van der Waals surface area contributed by atoms with E-state index in [9.17, 15) is 9.18 Å². The van der Waals surface area contributed by atoms with Crippen molar-refractivity contribution in [3.8, 4) is 5.69 Å². The molecule has 1 amide bonds. The first-order valence-electron chi connectivity index (χ1n) is 8.09. The molecule has 0 atom stereocenters. The number of aromatic nitrogens is 3. The Labute approximate surface area is 145 Å². The first kappa shape index (κ1) is 16.8. The maximum atomic E-state index is 13.1. The average Bonchev–Trinajstić information content (AvgIpc) is 2.99. The van der Waals surface area contributed by atoms with Gasteiger partial charge in [0.1, 0.15) is 11.6 Å². The third-order valence-electron chi connectivity index (χ3n) is 4.02. The van der Waals surface area contributed by atoms with Crippen LogP contribution in [0.4, 0.5) is 10.1 Å². The van der Waals surface area contributed by atoms with Crippen LogP contribution in [-0.4, -0.2) is 20.7 Å². The summed E-state index contributed by atoms with van der Waals surface area (Å²) >= 11 is 0. The Kier molecular flexibility index (Phi) is 4.61. The molecule has 5 nitrogen and oxygen atoms in total. The number of carbonyl (C=O) groups is 1. The Bertz CT molecular complexity index is 916. The number of halogens is 1. The zero-order valence-electron chi connectivity index (χ0n) is 14.4. The quantitative estimate of drug-likeness (QED) is 0.786. The van der Waals surface area contributed by atoms with E-state index in [-0.39, 0.29) is 17.5 Å². The second-order valence-electron chi connectivity index (χ2n) is 5.79. The number of hydrogen-bond acceptors (Lipinski definition) is 3. The van der Waals surface area contributed by atoms with Gasteiger partial charge in [0.15, 0.2) is 0 Å². The number of anilines is 1. The molecule has 1 N–H and O–H groups in total. The van der Waals surface area contributed by atoms with Crippen molar-refractivity contribution < 1.29 is 9.18 Å². The maximum Gasteiger partial charge on any atom is 0.295 e. The molecule has 3 rings (SSSR count). The standard InChI is InChI=1S/C19H19FN4O/c1-4-14-7-5-6-12(2)17(14)22-19(25)18-21-13(3)24(23-18)16-10-8-15(20)9-11-16/h5-11H,4H2,1-3H3,(H,22,25). The molecular weight excluding hydrogens is 319 g/mol. The van der Waals surface area contributed by atoms with Crippen LogP contribution in [-0.2, 0) is 6.42 Å². The minimum atomic E-state index is -0.368. The summed E-state index contributed by atoms with van der Waals surface area (Å²) in [6.07, 6.45) is 0.813. The molecular formula is C19H19FN4O. The predicted octanol–water partition coefficient (Wildman–Crippen LogP) is 3.84. The van der Waals surface area contributed by atoms with Crippen LogP contribution in [0.15, 0.2) is 42.5 Å². The number of para-hydroxylation sites is 1. The largest absolute Gasteiger partial charge is 0.319 e. The molecule has 0 radical (unpaired) electrons. The molecule has 25 heavy (non-hydrogen) atoms. The van der Waals surface area contributed by atoms with E-state index in [1.54, 1.807) is 19.1 Å². The lowest BCUT2D eigenvalue weighted by Crippen LogP contribution is -2.16. The van der Waals surface area contributed by atoms with Crippen molar-refractivity contribution in [2.75, 3.05) is 5.32 Å². The van der Waals surface area contributed by atoms with E-state index in [1.807, 2.05) is 32.0 Å². The zero-order valence-corrected chi connectivity index (χ0v) is 14.4. The number of carbonyl (C=O) groups excluding carboxylic acids is 1. The van der Waals surface area contributed by atoms with Crippen molar-refractivity contribution in [1.82, 2.24) is 14.8 Å². The van der Waals surface area contributed by atoms with Gasteiger partial charge in [0.2, 0.25) is 5.82 Å². The lowest BCUT2D eigenvalue weighted by molar-refractivity contribution is 0.101. The van der Waals surface area contributed by atoms with Crippen molar-refractivity contribution in [1.29, 1.82) is 0 Å². The molecule has 1 aromatic heterocycles. The molecule has 6 heteroatoms. The second-order valence-corrected chi connectivity index (χ2v) is 5.79. The maximum absolute atomic E-state index is 13.1. The van der Waals surface area contributed by atoms with E-state index in [0.717, 1.165) is 23.2 Å². The summed E-state index contributed by atoms with van der Waals surface area (Å²) in [7, 11) is 0. The molecule has 0 unspecified atom stereocenters. The Morgan fingerprint density at radius 3 is 2.56 bits per heavy atom. The van der Waals surface area contributed by atoms with Crippen LogP contribution < -0.4 is 5.32 Å². The monoisotopic (exact) mass is 338 g/mol. The van der Waals surface area contributed by atoms with Crippen LogP contribution >= 0.6 is 0 Å². The molecule has 3 aromatic rings. The molecule has 0 spiro atoms. The highest BCUT2D eigenvalue weighted by molar-refractivity contribution is 6.02. The Morgan fingerprint density at radius 1 is 1.16 bits per heavy atom. The van der Waals surface area contributed by atoms with Crippen LogP contribution in [0.1, 0.15) is 34.5 Å². The third kappa shape index (κ3) is 3.42. The summed E-state index contributed by atoms with van der Waals surface area (Å²) in [5.41, 5.74) is 3.49. The number of nitrogens with zero attached hydrogens (tertiary/aromatic N) is 3. The summed E-state index contributed by atoms with van der Waals surface area (Å²) in [5, 5.41) is 7.17. The summed E-state index contributed by atoms with van der Waals surface area (Å²) in [6.45, 7) is 5.74. The highest BCUT2D eigenvalue weighted by Gasteiger charge is 2.17. The topological polar surface area (TPSA) is 59.8 Å². The first-order chi connectivity index (χ1) is 12.0. The number of benzene rings is 2. The van der Waals surface area contributed by atoms with Crippen LogP contribution in [0.25, 0.3) is 5.69 Å². The number of hydrogen-bond donors (Lipinski definition) is 1. The van der Waals surface area contributed by atoms with Crippen molar-refractivity contribution >= 4 is 11.6 Å². The van der Waals surface area contributed by atoms with E-state index in [2.05, 4.69) is 15.4 Å². The normalized spacial score (nSPS) is 10.7. The van der Waals surface area contributed by atoms with Gasteiger partial charge in [0, 0.05) is 5.69 Å². The van der Waals surface area contributed by atoms with Gasteiger partial charge in [-0.1, -0.05) is 25.1 Å². The molecule has 0 aliphatic heterocycles. The first-order valence-corrected chi connectivity index (χ1v) is 8.09. The van der Waals surface area contributed by atoms with Crippen LogP contribution in [0, 0.1) is 19.7 Å². The van der Waals surface area contributed by atoms with E-state index in [1.165, 1.54) is 16.8 Å². The fourth-order valence-electron chi connectivity index (χ4n) is 2.68. The number of amides is 1. The van der Waals surface area contributed by atoms with Gasteiger partial charge in [-0.05, 0) is 55.7 Å². The van der Waals surface area contributed by atoms with Gasteiger partial charge in [0.25, 0.3) is 5.91 Å². The number of aryl methyl sites for hydroxylation is 3. The highest BCUT2D eigenvalue weighted by atomic mass is 19.1. The Morgan fingerprint density at radius 2 is 1.88 bits per heavy atom. The predicted molar refractivity (Wildman–Crippen MR) is 94.6 cm³/mol. The van der Waals surface area contributed by atoms with Crippen molar-refractivity contribution in [3.63, 3.8) is 0 Å². The second kappa shape index (κ2) is 6.84. The summed E-state index contributed by atoms with van der Waals surface area (Å²) in [6, 6.07) is 11.8. The Hall–Kier alpha value is -3.02. The zero-order chi connectivity index (χ0) is 18.0. The van der Waals surface area contributed by atoms with Gasteiger partial charge in [-0.2, -0.15) is 0 Å². The van der Waals surface area contributed by atoms with Crippen molar-refractivity contribution in [2.45, 2.75) is 27.2 Å². The van der Waals surface area contributed by atoms with E-state index in [4.69, 9.17) is 0 Å². The molecule has 1 heterocycles. The molecule has 2 aromatic carbocycles. The van der Waals surface area contributed by atoms with Crippen molar-refractivity contribution in [3.05, 3.63) is 71.1 Å². The lowest BCUT2D eigenvalue weighted by Gasteiger charge is -2.11. The van der Waals surface area contributed by atoms with Gasteiger partial charge in [-0.15, -0.1) is 5.10 Å². The summed E-state index contributed by atoms with van der Waals surface area (Å²) in [5.74, 6) is -0.0662. The van der Waals surface area contributed by atoms with Gasteiger partial charge >= 0.3 is 0 Å². The Balaban J connectivity index is 1.89. The van der Waals surface area contributed by atoms with E-state index >= 15 is 0 Å².